The summed E-state index contributed by atoms with van der Waals surface area (Å²) in [6.07, 6.45) is 2.22. The minimum absolute atomic E-state index is 0.175. The lowest BCUT2D eigenvalue weighted by Crippen LogP contribution is -2.67. The van der Waals surface area contributed by atoms with Crippen LogP contribution in [0, 0.1) is 11.3 Å². The van der Waals surface area contributed by atoms with Gasteiger partial charge in [-0.2, -0.15) is 0 Å². The van der Waals surface area contributed by atoms with Crippen molar-refractivity contribution in [2.45, 2.75) is 44.9 Å². The molecule has 4 unspecified atom stereocenters. The van der Waals surface area contributed by atoms with E-state index in [1.807, 2.05) is 0 Å². The SMILES string of the molecule is CC1(C)C(NC2CNC(=O)C2)C2CCOC21. The first-order valence-corrected chi connectivity index (χ1v) is 6.23. The van der Waals surface area contributed by atoms with Gasteiger partial charge in [-0.1, -0.05) is 13.8 Å². The zero-order valence-electron chi connectivity index (χ0n) is 9.95. The molecule has 90 valence electrons. The summed E-state index contributed by atoms with van der Waals surface area (Å²) in [5.74, 6) is 0.833. The van der Waals surface area contributed by atoms with E-state index in [-0.39, 0.29) is 11.3 Å². The monoisotopic (exact) mass is 224 g/mol. The maximum atomic E-state index is 11.2. The Morgan fingerprint density at radius 2 is 2.31 bits per heavy atom. The average molecular weight is 224 g/mol. The van der Waals surface area contributed by atoms with E-state index in [0.717, 1.165) is 13.2 Å². The largest absolute Gasteiger partial charge is 0.377 e. The Balaban J connectivity index is 1.64. The highest BCUT2D eigenvalue weighted by atomic mass is 16.5. The summed E-state index contributed by atoms with van der Waals surface area (Å²) in [6.45, 7) is 6.21. The van der Waals surface area contributed by atoms with E-state index in [1.165, 1.54) is 6.42 Å². The summed E-state index contributed by atoms with van der Waals surface area (Å²) in [5, 5.41) is 6.52. The van der Waals surface area contributed by atoms with Crippen molar-refractivity contribution < 1.29 is 9.53 Å². The van der Waals surface area contributed by atoms with Crippen LogP contribution in [0.3, 0.4) is 0 Å². The lowest BCUT2D eigenvalue weighted by atomic mass is 9.57. The fourth-order valence-corrected chi connectivity index (χ4v) is 3.64. The molecule has 2 aliphatic heterocycles. The Morgan fingerprint density at radius 3 is 3.00 bits per heavy atom. The van der Waals surface area contributed by atoms with Crippen LogP contribution in [0.1, 0.15) is 26.7 Å². The number of amides is 1. The molecule has 1 saturated carbocycles. The molecule has 0 aromatic rings. The van der Waals surface area contributed by atoms with Crippen LogP contribution >= 0.6 is 0 Å². The van der Waals surface area contributed by atoms with Crippen LogP contribution in [0.4, 0.5) is 0 Å². The topological polar surface area (TPSA) is 50.4 Å². The van der Waals surface area contributed by atoms with Crippen molar-refractivity contribution in [1.82, 2.24) is 10.6 Å². The summed E-state index contributed by atoms with van der Waals surface area (Å²) < 4.78 is 5.76. The van der Waals surface area contributed by atoms with Crippen molar-refractivity contribution in [3.8, 4) is 0 Å². The number of carbonyl (C=O) groups excluding carboxylic acids is 1. The number of fused-ring (bicyclic) bond motifs is 1. The van der Waals surface area contributed by atoms with E-state index in [1.54, 1.807) is 0 Å². The highest BCUT2D eigenvalue weighted by Crippen LogP contribution is 2.52. The van der Waals surface area contributed by atoms with Gasteiger partial charge in [-0.25, -0.2) is 0 Å². The Morgan fingerprint density at radius 1 is 1.50 bits per heavy atom. The van der Waals surface area contributed by atoms with E-state index >= 15 is 0 Å². The highest BCUT2D eigenvalue weighted by Gasteiger charge is 2.59. The molecule has 0 bridgehead atoms. The standard InChI is InChI=1S/C12H20N2O2/c1-12(2)10(8-3-4-16-11(8)12)14-7-5-9(15)13-6-7/h7-8,10-11,14H,3-6H2,1-2H3,(H,13,15). The maximum absolute atomic E-state index is 11.2. The predicted molar refractivity (Wildman–Crippen MR) is 60.0 cm³/mol. The Labute approximate surface area is 96.1 Å². The number of ether oxygens (including phenoxy) is 1. The molecule has 2 saturated heterocycles. The van der Waals surface area contributed by atoms with E-state index in [0.29, 0.717) is 30.5 Å². The van der Waals surface area contributed by atoms with E-state index in [4.69, 9.17) is 4.74 Å². The van der Waals surface area contributed by atoms with Crippen LogP contribution in [0.15, 0.2) is 0 Å². The molecule has 0 aromatic heterocycles. The van der Waals surface area contributed by atoms with Crippen LogP contribution in [-0.4, -0.2) is 37.2 Å². The van der Waals surface area contributed by atoms with Crippen LogP contribution in [-0.2, 0) is 9.53 Å². The minimum atomic E-state index is 0.175. The van der Waals surface area contributed by atoms with Gasteiger partial charge in [-0.15, -0.1) is 0 Å². The van der Waals surface area contributed by atoms with Gasteiger partial charge in [-0.3, -0.25) is 4.79 Å². The van der Waals surface area contributed by atoms with Gasteiger partial charge >= 0.3 is 0 Å². The van der Waals surface area contributed by atoms with E-state index in [9.17, 15) is 4.79 Å². The summed E-state index contributed by atoms with van der Waals surface area (Å²) >= 11 is 0. The Kier molecular flexibility index (Phi) is 2.27. The van der Waals surface area contributed by atoms with Crippen molar-refractivity contribution in [3.63, 3.8) is 0 Å². The molecule has 1 aliphatic carbocycles. The van der Waals surface area contributed by atoms with Crippen molar-refractivity contribution >= 4 is 5.91 Å². The van der Waals surface area contributed by atoms with Crippen LogP contribution in [0.25, 0.3) is 0 Å². The van der Waals surface area contributed by atoms with Crippen LogP contribution in [0.2, 0.25) is 0 Å². The average Bonchev–Trinajstić information content (AvgIpc) is 2.81. The molecule has 0 aromatic carbocycles. The van der Waals surface area contributed by atoms with Gasteiger partial charge in [0.2, 0.25) is 5.91 Å². The third-order valence-electron chi connectivity index (χ3n) is 4.49. The molecule has 3 fully saturated rings. The van der Waals surface area contributed by atoms with E-state index in [2.05, 4.69) is 24.5 Å². The summed E-state index contributed by atoms with van der Waals surface area (Å²) in [4.78, 5) is 11.2. The molecule has 4 heteroatoms. The number of rotatable bonds is 2. The molecule has 16 heavy (non-hydrogen) atoms. The number of carbonyl (C=O) groups is 1. The first-order valence-electron chi connectivity index (χ1n) is 6.23. The molecule has 0 radical (unpaired) electrons. The lowest BCUT2D eigenvalue weighted by Gasteiger charge is -2.55. The fourth-order valence-electron chi connectivity index (χ4n) is 3.64. The summed E-state index contributed by atoms with van der Waals surface area (Å²) in [5.41, 5.74) is 0.215. The quantitative estimate of drug-likeness (QED) is 0.708. The molecule has 3 aliphatic rings. The van der Waals surface area contributed by atoms with Crippen molar-refractivity contribution in [2.24, 2.45) is 11.3 Å². The second kappa shape index (κ2) is 3.44. The van der Waals surface area contributed by atoms with E-state index < -0.39 is 0 Å². The first kappa shape index (κ1) is 10.5. The number of hydrogen-bond donors (Lipinski definition) is 2. The summed E-state index contributed by atoms with van der Waals surface area (Å²) in [7, 11) is 0. The molecular formula is C12H20N2O2. The fraction of sp³-hybridized carbons (Fsp3) is 0.917. The molecule has 2 heterocycles. The van der Waals surface area contributed by atoms with Crippen molar-refractivity contribution in [3.05, 3.63) is 0 Å². The number of hydrogen-bond acceptors (Lipinski definition) is 3. The van der Waals surface area contributed by atoms with Gasteiger partial charge in [0.05, 0.1) is 6.10 Å². The van der Waals surface area contributed by atoms with Crippen LogP contribution in [0.5, 0.6) is 0 Å². The van der Waals surface area contributed by atoms with Crippen molar-refractivity contribution in [2.75, 3.05) is 13.2 Å². The van der Waals surface area contributed by atoms with Gasteiger partial charge in [0.25, 0.3) is 0 Å². The third-order valence-corrected chi connectivity index (χ3v) is 4.49. The smallest absolute Gasteiger partial charge is 0.221 e. The normalized spacial score (nSPS) is 45.0. The molecule has 4 atom stereocenters. The summed E-state index contributed by atoms with van der Waals surface area (Å²) in [6, 6.07) is 0.830. The number of nitrogens with one attached hydrogen (secondary N) is 2. The van der Waals surface area contributed by atoms with Crippen LogP contribution < -0.4 is 10.6 Å². The molecule has 3 rings (SSSR count). The van der Waals surface area contributed by atoms with Gasteiger partial charge in [0, 0.05) is 43.0 Å². The minimum Gasteiger partial charge on any atom is -0.377 e. The predicted octanol–water partition coefficient (Wildman–Crippen LogP) is 0.278. The third kappa shape index (κ3) is 1.39. The highest BCUT2D eigenvalue weighted by molar-refractivity contribution is 5.78. The van der Waals surface area contributed by atoms with Gasteiger partial charge in [0.15, 0.2) is 0 Å². The zero-order chi connectivity index (χ0) is 11.3. The molecular weight excluding hydrogens is 204 g/mol. The van der Waals surface area contributed by atoms with Gasteiger partial charge in [0.1, 0.15) is 0 Å². The molecule has 4 nitrogen and oxygen atoms in total. The second-order valence-electron chi connectivity index (χ2n) is 5.91. The molecule has 0 spiro atoms. The van der Waals surface area contributed by atoms with Gasteiger partial charge in [-0.05, 0) is 6.42 Å². The molecule has 2 N–H and O–H groups in total. The lowest BCUT2D eigenvalue weighted by molar-refractivity contribution is -0.120. The Hall–Kier alpha value is -0.610. The first-order chi connectivity index (χ1) is 7.59. The van der Waals surface area contributed by atoms with Gasteiger partial charge < -0.3 is 15.4 Å². The molecule has 1 amide bonds. The van der Waals surface area contributed by atoms with Crippen molar-refractivity contribution in [1.29, 1.82) is 0 Å². The zero-order valence-corrected chi connectivity index (χ0v) is 9.95. The second-order valence-corrected chi connectivity index (χ2v) is 5.91. The Bertz CT molecular complexity index is 316. The maximum Gasteiger partial charge on any atom is 0.221 e.